The van der Waals surface area contributed by atoms with Crippen LogP contribution < -0.4 is 10.6 Å². The van der Waals surface area contributed by atoms with E-state index in [4.69, 9.17) is 11.6 Å². The van der Waals surface area contributed by atoms with Crippen LogP contribution in [0.1, 0.15) is 34.6 Å². The standard InChI is InChI=1S/C17H16ClN3O4/c1-10(2)19-16(22)12-5-3-4-6-15(12)20-17(23)13-9-11(21(24)25)7-8-14(13)18/h3-10H,1-2H3,(H,19,22)(H,20,23). The van der Waals surface area contributed by atoms with Crippen LogP contribution in [0.25, 0.3) is 0 Å². The molecule has 0 saturated carbocycles. The lowest BCUT2D eigenvalue weighted by atomic mass is 10.1. The van der Waals surface area contributed by atoms with Crippen LogP contribution in [0.3, 0.4) is 0 Å². The highest BCUT2D eigenvalue weighted by Crippen LogP contribution is 2.24. The highest BCUT2D eigenvalue weighted by atomic mass is 35.5. The van der Waals surface area contributed by atoms with Gasteiger partial charge in [-0.2, -0.15) is 0 Å². The second-order valence-electron chi connectivity index (χ2n) is 5.55. The third-order valence-corrected chi connectivity index (χ3v) is 3.57. The number of carbonyl (C=O) groups excluding carboxylic acids is 2. The fourth-order valence-corrected chi connectivity index (χ4v) is 2.32. The van der Waals surface area contributed by atoms with E-state index in [-0.39, 0.29) is 39.5 Å². The normalized spacial score (nSPS) is 10.4. The number of anilines is 1. The van der Waals surface area contributed by atoms with Crippen LogP contribution in [-0.2, 0) is 0 Å². The van der Waals surface area contributed by atoms with Gasteiger partial charge in [0.25, 0.3) is 17.5 Å². The van der Waals surface area contributed by atoms with Gasteiger partial charge in [0.2, 0.25) is 0 Å². The smallest absolute Gasteiger partial charge is 0.270 e. The number of non-ortho nitro benzene ring substituents is 1. The second-order valence-corrected chi connectivity index (χ2v) is 5.96. The summed E-state index contributed by atoms with van der Waals surface area (Å²) in [6.07, 6.45) is 0. The Bertz CT molecular complexity index is 836. The van der Waals surface area contributed by atoms with Crippen LogP contribution in [0.15, 0.2) is 42.5 Å². The van der Waals surface area contributed by atoms with Gasteiger partial charge < -0.3 is 10.6 Å². The summed E-state index contributed by atoms with van der Waals surface area (Å²) in [6, 6.07) is 9.99. The van der Waals surface area contributed by atoms with Crippen molar-refractivity contribution < 1.29 is 14.5 Å². The maximum absolute atomic E-state index is 12.5. The number of rotatable bonds is 5. The molecule has 25 heavy (non-hydrogen) atoms. The molecule has 0 spiro atoms. The molecule has 7 nitrogen and oxygen atoms in total. The summed E-state index contributed by atoms with van der Waals surface area (Å²) in [5, 5.41) is 16.3. The summed E-state index contributed by atoms with van der Waals surface area (Å²) in [4.78, 5) is 34.9. The molecule has 130 valence electrons. The van der Waals surface area contributed by atoms with E-state index in [9.17, 15) is 19.7 Å². The van der Waals surface area contributed by atoms with E-state index < -0.39 is 10.8 Å². The lowest BCUT2D eigenvalue weighted by Crippen LogP contribution is -2.31. The summed E-state index contributed by atoms with van der Waals surface area (Å²) in [6.45, 7) is 3.64. The van der Waals surface area contributed by atoms with Gasteiger partial charge in [-0.3, -0.25) is 19.7 Å². The molecule has 2 rings (SSSR count). The molecular weight excluding hydrogens is 346 g/mol. The largest absolute Gasteiger partial charge is 0.350 e. The van der Waals surface area contributed by atoms with E-state index in [2.05, 4.69) is 10.6 Å². The Labute approximate surface area is 149 Å². The number of nitrogens with zero attached hydrogens (tertiary/aromatic N) is 1. The molecule has 0 aromatic heterocycles. The molecule has 2 aromatic carbocycles. The molecule has 2 N–H and O–H groups in total. The number of carbonyl (C=O) groups is 2. The van der Waals surface area contributed by atoms with Gasteiger partial charge in [-0.05, 0) is 32.0 Å². The Morgan fingerprint density at radius 2 is 1.76 bits per heavy atom. The monoisotopic (exact) mass is 361 g/mol. The van der Waals surface area contributed by atoms with E-state index in [0.29, 0.717) is 0 Å². The van der Waals surface area contributed by atoms with Crippen molar-refractivity contribution in [3.8, 4) is 0 Å². The number of hydrogen-bond acceptors (Lipinski definition) is 4. The van der Waals surface area contributed by atoms with Gasteiger partial charge >= 0.3 is 0 Å². The zero-order chi connectivity index (χ0) is 18.6. The maximum Gasteiger partial charge on any atom is 0.270 e. The number of amides is 2. The van der Waals surface area contributed by atoms with Crippen molar-refractivity contribution in [2.24, 2.45) is 0 Å². The van der Waals surface area contributed by atoms with E-state index in [0.717, 1.165) is 6.07 Å². The fourth-order valence-electron chi connectivity index (χ4n) is 2.12. The van der Waals surface area contributed by atoms with Crippen molar-refractivity contribution in [2.45, 2.75) is 19.9 Å². The van der Waals surface area contributed by atoms with E-state index >= 15 is 0 Å². The molecule has 0 atom stereocenters. The summed E-state index contributed by atoms with van der Waals surface area (Å²) >= 11 is 5.97. The van der Waals surface area contributed by atoms with E-state index in [1.165, 1.54) is 12.1 Å². The molecule has 0 bridgehead atoms. The highest BCUT2D eigenvalue weighted by molar-refractivity contribution is 6.34. The van der Waals surface area contributed by atoms with Crippen LogP contribution in [-0.4, -0.2) is 22.8 Å². The number of nitrogens with one attached hydrogen (secondary N) is 2. The van der Waals surface area contributed by atoms with Crippen LogP contribution >= 0.6 is 11.6 Å². The predicted octanol–water partition coefficient (Wildman–Crippen LogP) is 3.64. The van der Waals surface area contributed by atoms with Gasteiger partial charge in [-0.15, -0.1) is 0 Å². The Kier molecular flexibility index (Phi) is 5.71. The number of nitro benzene ring substituents is 1. The molecule has 2 amide bonds. The van der Waals surface area contributed by atoms with Crippen molar-refractivity contribution in [2.75, 3.05) is 5.32 Å². The van der Waals surface area contributed by atoms with E-state index in [1.807, 2.05) is 13.8 Å². The lowest BCUT2D eigenvalue weighted by Gasteiger charge is -2.13. The van der Waals surface area contributed by atoms with Crippen molar-refractivity contribution in [3.05, 3.63) is 68.7 Å². The highest BCUT2D eigenvalue weighted by Gasteiger charge is 2.18. The Morgan fingerprint density at radius 3 is 2.40 bits per heavy atom. The molecule has 0 heterocycles. The molecule has 0 unspecified atom stereocenters. The minimum absolute atomic E-state index is 0.0464. The summed E-state index contributed by atoms with van der Waals surface area (Å²) in [7, 11) is 0. The van der Waals surface area contributed by atoms with Gasteiger partial charge in [0.05, 0.1) is 26.8 Å². The van der Waals surface area contributed by atoms with Crippen molar-refractivity contribution >= 4 is 34.8 Å². The zero-order valence-corrected chi connectivity index (χ0v) is 14.3. The minimum Gasteiger partial charge on any atom is -0.350 e. The van der Waals surface area contributed by atoms with Crippen molar-refractivity contribution in [1.29, 1.82) is 0 Å². The molecule has 0 radical (unpaired) electrons. The number of para-hydroxylation sites is 1. The van der Waals surface area contributed by atoms with Crippen LogP contribution in [0.4, 0.5) is 11.4 Å². The first kappa shape index (κ1) is 18.4. The zero-order valence-electron chi connectivity index (χ0n) is 13.6. The van der Waals surface area contributed by atoms with Gasteiger partial charge in [0.1, 0.15) is 0 Å². The van der Waals surface area contributed by atoms with Gasteiger partial charge in [-0.25, -0.2) is 0 Å². The molecule has 2 aromatic rings. The Balaban J connectivity index is 2.32. The topological polar surface area (TPSA) is 101 Å². The van der Waals surface area contributed by atoms with Crippen LogP contribution in [0.5, 0.6) is 0 Å². The maximum atomic E-state index is 12.5. The van der Waals surface area contributed by atoms with Gasteiger partial charge in [-0.1, -0.05) is 23.7 Å². The number of nitro groups is 1. The van der Waals surface area contributed by atoms with Crippen LogP contribution in [0.2, 0.25) is 5.02 Å². The lowest BCUT2D eigenvalue weighted by molar-refractivity contribution is -0.384. The molecule has 0 aliphatic carbocycles. The molecule has 8 heteroatoms. The van der Waals surface area contributed by atoms with Gasteiger partial charge in [0, 0.05) is 18.2 Å². The summed E-state index contributed by atoms with van der Waals surface area (Å²) in [5.41, 5.74) is 0.273. The number of hydrogen-bond donors (Lipinski definition) is 2. The van der Waals surface area contributed by atoms with Crippen molar-refractivity contribution in [3.63, 3.8) is 0 Å². The number of benzene rings is 2. The quantitative estimate of drug-likeness (QED) is 0.627. The third-order valence-electron chi connectivity index (χ3n) is 3.25. The van der Waals surface area contributed by atoms with E-state index in [1.54, 1.807) is 24.3 Å². The molecule has 0 saturated heterocycles. The fraction of sp³-hybridized carbons (Fsp3) is 0.176. The van der Waals surface area contributed by atoms with Crippen LogP contribution in [0, 0.1) is 10.1 Å². The first-order chi connectivity index (χ1) is 11.8. The Morgan fingerprint density at radius 1 is 1.08 bits per heavy atom. The minimum atomic E-state index is -0.640. The molecule has 0 aliphatic rings. The first-order valence-electron chi connectivity index (χ1n) is 7.44. The molecule has 0 fully saturated rings. The summed E-state index contributed by atoms with van der Waals surface area (Å²) in [5.74, 6) is -0.977. The second kappa shape index (κ2) is 7.76. The molecule has 0 aliphatic heterocycles. The number of halogens is 1. The average Bonchev–Trinajstić information content (AvgIpc) is 2.54. The average molecular weight is 362 g/mol. The SMILES string of the molecule is CC(C)NC(=O)c1ccccc1NC(=O)c1cc([N+](=O)[O-])ccc1Cl. The third kappa shape index (κ3) is 4.54. The van der Waals surface area contributed by atoms with Crippen molar-refractivity contribution in [1.82, 2.24) is 5.32 Å². The van der Waals surface area contributed by atoms with Gasteiger partial charge in [0.15, 0.2) is 0 Å². The first-order valence-corrected chi connectivity index (χ1v) is 7.82. The predicted molar refractivity (Wildman–Crippen MR) is 95.1 cm³/mol. The summed E-state index contributed by atoms with van der Waals surface area (Å²) < 4.78 is 0. The Hall–Kier alpha value is -2.93. The molecular formula is C17H16ClN3O4.